The van der Waals surface area contributed by atoms with E-state index >= 15 is 0 Å². The lowest BCUT2D eigenvalue weighted by Gasteiger charge is -2.23. The number of carbonyl (C=O) groups excluding carboxylic acids is 1. The highest BCUT2D eigenvalue weighted by Crippen LogP contribution is 2.30. The third kappa shape index (κ3) is 5.54. The highest BCUT2D eigenvalue weighted by molar-refractivity contribution is 8.02. The summed E-state index contributed by atoms with van der Waals surface area (Å²) in [5, 5.41) is 14.4. The monoisotopic (exact) mass is 418 g/mol. The largest absolute Gasteiger partial charge is 0.360 e. The number of aromatic nitrogens is 2. The molecule has 0 saturated carbocycles. The van der Waals surface area contributed by atoms with Crippen LogP contribution < -0.4 is 10.2 Å². The van der Waals surface area contributed by atoms with Crippen LogP contribution in [0.2, 0.25) is 0 Å². The van der Waals surface area contributed by atoms with Crippen LogP contribution in [0.5, 0.6) is 0 Å². The second-order valence-corrected chi connectivity index (χ2v) is 9.41. The number of anilines is 2. The Labute approximate surface area is 171 Å². The molecule has 1 atom stereocenters. The molecule has 0 saturated heterocycles. The molecule has 0 aliphatic heterocycles. The number of hydrogen-bond acceptors (Lipinski definition) is 7. The number of nitrogens with zero attached hydrogens (tertiary/aromatic N) is 3. The number of nitrogens with one attached hydrogen (secondary N) is 1. The number of carbonyl (C=O) groups is 1. The Morgan fingerprint density at radius 1 is 1.22 bits per heavy atom. The van der Waals surface area contributed by atoms with Crippen LogP contribution in [0.1, 0.15) is 18.7 Å². The van der Waals surface area contributed by atoms with E-state index in [2.05, 4.69) is 33.0 Å². The lowest BCUT2D eigenvalue weighted by Crippen LogP contribution is -2.36. The van der Waals surface area contributed by atoms with Gasteiger partial charge in [0.15, 0.2) is 4.34 Å². The molecule has 1 aromatic carbocycles. The van der Waals surface area contributed by atoms with Crippen molar-refractivity contribution in [1.29, 1.82) is 0 Å². The molecule has 1 unspecified atom stereocenters. The zero-order valence-electron chi connectivity index (χ0n) is 15.3. The maximum atomic E-state index is 12.8. The summed E-state index contributed by atoms with van der Waals surface area (Å²) in [4.78, 5) is 16.0. The Balaban J connectivity index is 1.53. The second kappa shape index (κ2) is 9.87. The Morgan fingerprint density at radius 3 is 2.74 bits per heavy atom. The van der Waals surface area contributed by atoms with Gasteiger partial charge in [-0.2, -0.15) is 0 Å². The summed E-state index contributed by atoms with van der Waals surface area (Å²) in [5.74, 6) is 0.0797. The molecule has 0 bridgehead atoms. The van der Waals surface area contributed by atoms with E-state index in [4.69, 9.17) is 0 Å². The fourth-order valence-electron chi connectivity index (χ4n) is 2.57. The van der Waals surface area contributed by atoms with Gasteiger partial charge in [-0.1, -0.05) is 47.4 Å². The van der Waals surface area contributed by atoms with Crippen molar-refractivity contribution in [2.24, 2.45) is 0 Å². The quantitative estimate of drug-likeness (QED) is 0.507. The standard InChI is InChI=1S/C19H22N4OS3/c1-3-23(15-8-5-4-6-9-15)17(24)14(2)26-19-22-21-18(27-19)20-12-11-16-10-7-13-25-16/h4-10,13-14H,3,11-12H2,1-2H3,(H,20,21). The van der Waals surface area contributed by atoms with E-state index in [0.29, 0.717) is 6.54 Å². The lowest BCUT2D eigenvalue weighted by molar-refractivity contribution is -0.117. The fourth-order valence-corrected chi connectivity index (χ4v) is 5.26. The third-order valence-corrected chi connectivity index (χ3v) is 6.90. The van der Waals surface area contributed by atoms with E-state index < -0.39 is 0 Å². The van der Waals surface area contributed by atoms with Crippen molar-refractivity contribution >= 4 is 51.2 Å². The number of thioether (sulfide) groups is 1. The van der Waals surface area contributed by atoms with Gasteiger partial charge >= 0.3 is 0 Å². The van der Waals surface area contributed by atoms with Gasteiger partial charge in [0.1, 0.15) is 0 Å². The maximum absolute atomic E-state index is 12.8. The molecular weight excluding hydrogens is 396 g/mol. The minimum Gasteiger partial charge on any atom is -0.360 e. The van der Waals surface area contributed by atoms with Gasteiger partial charge < -0.3 is 10.2 Å². The predicted octanol–water partition coefficient (Wildman–Crippen LogP) is 4.79. The van der Waals surface area contributed by atoms with Crippen LogP contribution in [0.3, 0.4) is 0 Å². The van der Waals surface area contributed by atoms with Crippen LogP contribution in [0.4, 0.5) is 10.8 Å². The molecule has 2 aromatic heterocycles. The predicted molar refractivity (Wildman–Crippen MR) is 116 cm³/mol. The molecule has 1 amide bonds. The summed E-state index contributed by atoms with van der Waals surface area (Å²) in [6, 6.07) is 14.0. The molecular formula is C19H22N4OS3. The zero-order chi connectivity index (χ0) is 19.1. The number of amides is 1. The van der Waals surface area contributed by atoms with E-state index in [9.17, 15) is 4.79 Å². The van der Waals surface area contributed by atoms with Crippen LogP contribution >= 0.6 is 34.4 Å². The van der Waals surface area contributed by atoms with Crippen LogP contribution in [0.25, 0.3) is 0 Å². The molecule has 0 fully saturated rings. The number of benzene rings is 1. The first-order chi connectivity index (χ1) is 13.2. The average Bonchev–Trinajstić information content (AvgIpc) is 3.35. The molecule has 8 heteroatoms. The minimum atomic E-state index is -0.225. The molecule has 0 aliphatic rings. The van der Waals surface area contributed by atoms with Gasteiger partial charge in [-0.15, -0.1) is 21.5 Å². The van der Waals surface area contributed by atoms with Gasteiger partial charge in [0.25, 0.3) is 0 Å². The molecule has 0 aliphatic carbocycles. The third-order valence-electron chi connectivity index (χ3n) is 3.91. The van der Waals surface area contributed by atoms with E-state index in [1.54, 1.807) is 16.2 Å². The van der Waals surface area contributed by atoms with Crippen molar-refractivity contribution in [3.63, 3.8) is 0 Å². The van der Waals surface area contributed by atoms with Gasteiger partial charge in [-0.25, -0.2) is 0 Å². The molecule has 0 spiro atoms. The fraction of sp³-hybridized carbons (Fsp3) is 0.316. The van der Waals surface area contributed by atoms with Crippen molar-refractivity contribution in [1.82, 2.24) is 10.2 Å². The molecule has 3 rings (SSSR count). The number of thiophene rings is 1. The highest BCUT2D eigenvalue weighted by atomic mass is 32.2. The van der Waals surface area contributed by atoms with Crippen LogP contribution in [0.15, 0.2) is 52.2 Å². The Bertz CT molecular complexity index is 836. The van der Waals surface area contributed by atoms with E-state index in [-0.39, 0.29) is 11.2 Å². The van der Waals surface area contributed by atoms with Crippen molar-refractivity contribution < 1.29 is 4.79 Å². The minimum absolute atomic E-state index is 0.0797. The van der Waals surface area contributed by atoms with Gasteiger partial charge in [-0.05, 0) is 43.8 Å². The van der Waals surface area contributed by atoms with Crippen LogP contribution in [0, 0.1) is 0 Å². The van der Waals surface area contributed by atoms with Crippen molar-refractivity contribution in [2.45, 2.75) is 29.9 Å². The Morgan fingerprint density at radius 2 is 2.04 bits per heavy atom. The first-order valence-electron chi connectivity index (χ1n) is 8.80. The van der Waals surface area contributed by atoms with E-state index in [1.165, 1.54) is 28.0 Å². The first kappa shape index (κ1) is 19.9. The topological polar surface area (TPSA) is 58.1 Å². The van der Waals surface area contributed by atoms with Crippen LogP contribution in [-0.2, 0) is 11.2 Å². The molecule has 27 heavy (non-hydrogen) atoms. The molecule has 0 radical (unpaired) electrons. The van der Waals surface area contributed by atoms with Gasteiger partial charge in [0.05, 0.1) is 5.25 Å². The van der Waals surface area contributed by atoms with E-state index in [0.717, 1.165) is 28.1 Å². The molecule has 142 valence electrons. The molecule has 2 heterocycles. The summed E-state index contributed by atoms with van der Waals surface area (Å²) in [5.41, 5.74) is 0.922. The zero-order valence-corrected chi connectivity index (χ0v) is 17.7. The average molecular weight is 419 g/mol. The van der Waals surface area contributed by atoms with Crippen molar-refractivity contribution in [3.8, 4) is 0 Å². The summed E-state index contributed by atoms with van der Waals surface area (Å²) in [6.07, 6.45) is 0.969. The van der Waals surface area contributed by atoms with Crippen molar-refractivity contribution in [2.75, 3.05) is 23.3 Å². The molecule has 5 nitrogen and oxygen atoms in total. The second-order valence-electron chi connectivity index (χ2n) is 5.81. The molecule has 1 N–H and O–H groups in total. The van der Waals surface area contributed by atoms with Gasteiger partial charge in [-0.3, -0.25) is 4.79 Å². The summed E-state index contributed by atoms with van der Waals surface area (Å²) >= 11 is 4.71. The number of para-hydroxylation sites is 1. The van der Waals surface area contributed by atoms with Gasteiger partial charge in [0.2, 0.25) is 11.0 Å². The summed E-state index contributed by atoms with van der Waals surface area (Å²) in [6.45, 7) is 5.37. The number of hydrogen-bond donors (Lipinski definition) is 1. The Hall–Kier alpha value is -1.90. The lowest BCUT2D eigenvalue weighted by atomic mass is 10.2. The first-order valence-corrected chi connectivity index (χ1v) is 11.4. The summed E-state index contributed by atoms with van der Waals surface area (Å²) < 4.78 is 0.804. The van der Waals surface area contributed by atoms with Crippen molar-refractivity contribution in [3.05, 3.63) is 52.7 Å². The van der Waals surface area contributed by atoms with Crippen LogP contribution in [-0.4, -0.2) is 34.4 Å². The summed E-state index contributed by atoms with van der Waals surface area (Å²) in [7, 11) is 0. The highest BCUT2D eigenvalue weighted by Gasteiger charge is 2.23. The maximum Gasteiger partial charge on any atom is 0.240 e. The van der Waals surface area contributed by atoms with Gasteiger partial charge in [0, 0.05) is 23.7 Å². The normalized spacial score (nSPS) is 11.9. The van der Waals surface area contributed by atoms with E-state index in [1.807, 2.05) is 44.2 Å². The Kier molecular flexibility index (Phi) is 7.25. The molecule has 3 aromatic rings. The smallest absolute Gasteiger partial charge is 0.240 e. The SMILES string of the molecule is CCN(C(=O)C(C)Sc1nnc(NCCc2cccs2)s1)c1ccccc1. The number of rotatable bonds is 9.